The summed E-state index contributed by atoms with van der Waals surface area (Å²) in [6, 6.07) is 16.8. The number of rotatable bonds is 6. The highest BCUT2D eigenvalue weighted by molar-refractivity contribution is 6.32. The summed E-state index contributed by atoms with van der Waals surface area (Å²) >= 11 is 5.80. The topological polar surface area (TPSA) is 108 Å². The molecule has 4 rings (SSSR count). The lowest BCUT2D eigenvalue weighted by Gasteiger charge is -2.01. The van der Waals surface area contributed by atoms with Crippen molar-refractivity contribution in [1.29, 1.82) is 0 Å². The van der Waals surface area contributed by atoms with Crippen molar-refractivity contribution in [3.8, 4) is 17.2 Å². The quantitative estimate of drug-likeness (QED) is 0.229. The van der Waals surface area contributed by atoms with Crippen LogP contribution in [0.25, 0.3) is 28.6 Å². The zero-order valence-electron chi connectivity index (χ0n) is 16.7. The molecule has 0 saturated carbocycles. The van der Waals surface area contributed by atoms with E-state index >= 15 is 0 Å². The highest BCUT2D eigenvalue weighted by Crippen LogP contribution is 2.28. The molecule has 1 heterocycles. The van der Waals surface area contributed by atoms with Crippen LogP contribution in [0.2, 0.25) is 5.02 Å². The van der Waals surface area contributed by atoms with Gasteiger partial charge in [-0.05, 0) is 54.1 Å². The van der Waals surface area contributed by atoms with Gasteiger partial charge in [-0.2, -0.15) is 0 Å². The van der Waals surface area contributed by atoms with Crippen LogP contribution in [0.5, 0.6) is 5.75 Å². The number of nitro benzene ring substituents is 1. The van der Waals surface area contributed by atoms with Gasteiger partial charge in [0.1, 0.15) is 16.3 Å². The molecule has 160 valence electrons. The number of hydrogen-bond donors (Lipinski definition) is 1. The Balaban J connectivity index is 1.50. The second-order valence-electron chi connectivity index (χ2n) is 6.72. The van der Waals surface area contributed by atoms with Gasteiger partial charge in [0.15, 0.2) is 5.58 Å². The maximum atomic E-state index is 12.3. The summed E-state index contributed by atoms with van der Waals surface area (Å²) in [5.41, 5.74) is 2.71. The molecule has 1 aromatic heterocycles. The van der Waals surface area contributed by atoms with Crippen LogP contribution in [0.15, 0.2) is 71.2 Å². The third-order valence-electron chi connectivity index (χ3n) is 4.57. The van der Waals surface area contributed by atoms with E-state index in [1.54, 1.807) is 31.4 Å². The minimum absolute atomic E-state index is 0.0332. The van der Waals surface area contributed by atoms with E-state index in [0.29, 0.717) is 34.0 Å². The third kappa shape index (κ3) is 4.60. The predicted molar refractivity (Wildman–Crippen MR) is 122 cm³/mol. The van der Waals surface area contributed by atoms with Crippen LogP contribution in [0, 0.1) is 10.1 Å². The average molecular weight is 450 g/mol. The van der Waals surface area contributed by atoms with Crippen LogP contribution in [-0.2, 0) is 4.79 Å². The summed E-state index contributed by atoms with van der Waals surface area (Å²) in [5, 5.41) is 13.7. The number of nitrogens with zero attached hydrogens (tertiary/aromatic N) is 2. The second-order valence-corrected chi connectivity index (χ2v) is 7.13. The van der Waals surface area contributed by atoms with Crippen molar-refractivity contribution in [3.63, 3.8) is 0 Å². The monoisotopic (exact) mass is 449 g/mol. The van der Waals surface area contributed by atoms with Gasteiger partial charge in [-0.3, -0.25) is 14.9 Å². The van der Waals surface area contributed by atoms with Gasteiger partial charge >= 0.3 is 0 Å². The molecule has 0 unspecified atom stereocenters. The lowest BCUT2D eigenvalue weighted by molar-refractivity contribution is -0.384. The number of aromatic nitrogens is 1. The fourth-order valence-corrected chi connectivity index (χ4v) is 3.20. The van der Waals surface area contributed by atoms with E-state index in [9.17, 15) is 14.9 Å². The highest BCUT2D eigenvalue weighted by atomic mass is 35.5. The minimum Gasteiger partial charge on any atom is -0.497 e. The van der Waals surface area contributed by atoms with Gasteiger partial charge in [0.2, 0.25) is 11.8 Å². The second kappa shape index (κ2) is 8.91. The van der Waals surface area contributed by atoms with E-state index in [-0.39, 0.29) is 10.7 Å². The molecule has 9 heteroatoms. The number of fused-ring (bicyclic) bond motifs is 1. The Morgan fingerprint density at radius 1 is 1.19 bits per heavy atom. The van der Waals surface area contributed by atoms with Crippen LogP contribution < -0.4 is 10.1 Å². The Morgan fingerprint density at radius 2 is 2.03 bits per heavy atom. The predicted octanol–water partition coefficient (Wildman–Crippen LogP) is 5.72. The molecular formula is C23H16ClN3O5. The summed E-state index contributed by atoms with van der Waals surface area (Å²) in [4.78, 5) is 27.2. The lowest BCUT2D eigenvalue weighted by Crippen LogP contribution is -2.07. The van der Waals surface area contributed by atoms with Crippen LogP contribution >= 0.6 is 11.6 Å². The number of hydrogen-bond acceptors (Lipinski definition) is 6. The van der Waals surface area contributed by atoms with Crippen molar-refractivity contribution in [2.45, 2.75) is 0 Å². The molecule has 0 spiro atoms. The van der Waals surface area contributed by atoms with Crippen molar-refractivity contribution in [3.05, 3.63) is 87.4 Å². The summed E-state index contributed by atoms with van der Waals surface area (Å²) in [7, 11) is 1.59. The van der Waals surface area contributed by atoms with E-state index < -0.39 is 10.8 Å². The Hall–Kier alpha value is -4.17. The van der Waals surface area contributed by atoms with E-state index in [0.717, 1.165) is 5.56 Å². The fourth-order valence-electron chi connectivity index (χ4n) is 3.01. The zero-order chi connectivity index (χ0) is 22.7. The number of nitrogens with one attached hydrogen (secondary N) is 1. The number of benzene rings is 3. The van der Waals surface area contributed by atoms with Crippen LogP contribution in [-0.4, -0.2) is 22.9 Å². The molecule has 0 aliphatic heterocycles. The molecule has 4 aromatic rings. The summed E-state index contributed by atoms with van der Waals surface area (Å²) < 4.78 is 11.0. The Labute approximate surface area is 187 Å². The third-order valence-corrected chi connectivity index (χ3v) is 4.89. The Kier molecular flexibility index (Phi) is 5.87. The van der Waals surface area contributed by atoms with Crippen molar-refractivity contribution < 1.29 is 18.9 Å². The highest BCUT2D eigenvalue weighted by Gasteiger charge is 2.12. The van der Waals surface area contributed by atoms with Crippen molar-refractivity contribution in [2.75, 3.05) is 12.4 Å². The van der Waals surface area contributed by atoms with Gasteiger partial charge in [-0.15, -0.1) is 0 Å². The normalized spacial score (nSPS) is 11.1. The Bertz CT molecular complexity index is 1360. The smallest absolute Gasteiger partial charge is 0.288 e. The molecule has 0 fully saturated rings. The minimum atomic E-state index is -0.577. The number of carbonyl (C=O) groups excluding carboxylic acids is 1. The molecule has 0 atom stereocenters. The van der Waals surface area contributed by atoms with Gasteiger partial charge in [-0.25, -0.2) is 4.98 Å². The van der Waals surface area contributed by atoms with E-state index in [4.69, 9.17) is 20.8 Å². The Morgan fingerprint density at radius 3 is 2.81 bits per heavy atom. The van der Waals surface area contributed by atoms with Crippen LogP contribution in [0.3, 0.4) is 0 Å². The van der Waals surface area contributed by atoms with Crippen LogP contribution in [0.1, 0.15) is 5.56 Å². The molecule has 1 N–H and O–H groups in total. The summed E-state index contributed by atoms with van der Waals surface area (Å²) in [6.45, 7) is 0. The number of oxazole rings is 1. The molecule has 8 nitrogen and oxygen atoms in total. The molecular weight excluding hydrogens is 434 g/mol. The van der Waals surface area contributed by atoms with Crippen molar-refractivity contribution >= 4 is 46.1 Å². The van der Waals surface area contributed by atoms with Gasteiger partial charge in [0.25, 0.3) is 5.69 Å². The summed E-state index contributed by atoms with van der Waals surface area (Å²) in [5.74, 6) is 0.723. The van der Waals surface area contributed by atoms with Crippen molar-refractivity contribution in [1.82, 2.24) is 4.98 Å². The standard InChI is InChI=1S/C23H16ClN3O5/c1-31-17-4-2-3-15(12-17)23-26-19-13-16(7-9-21(19)32-23)25-22(28)10-6-14-5-8-18(24)20(11-14)27(29)30/h2-13H,1H3,(H,25,28)/b10-6+. The molecule has 1 amide bonds. The molecule has 0 radical (unpaired) electrons. The maximum absolute atomic E-state index is 12.3. The van der Waals surface area contributed by atoms with E-state index in [1.807, 2.05) is 24.3 Å². The number of amides is 1. The number of anilines is 1. The van der Waals surface area contributed by atoms with Crippen molar-refractivity contribution in [2.24, 2.45) is 0 Å². The molecule has 0 saturated heterocycles. The van der Waals surface area contributed by atoms with E-state index in [2.05, 4.69) is 10.3 Å². The van der Waals surface area contributed by atoms with Gasteiger partial charge < -0.3 is 14.5 Å². The number of ether oxygens (including phenoxy) is 1. The number of halogens is 1. The first-order chi connectivity index (χ1) is 15.4. The largest absolute Gasteiger partial charge is 0.497 e. The van der Waals surface area contributed by atoms with Gasteiger partial charge in [-0.1, -0.05) is 23.7 Å². The molecule has 0 aliphatic carbocycles. The fraction of sp³-hybridized carbons (Fsp3) is 0.0435. The molecule has 0 aliphatic rings. The number of nitro groups is 1. The first kappa shape index (κ1) is 21.1. The number of carbonyl (C=O) groups is 1. The van der Waals surface area contributed by atoms with Crippen LogP contribution in [0.4, 0.5) is 11.4 Å². The first-order valence-electron chi connectivity index (χ1n) is 9.41. The van der Waals surface area contributed by atoms with Gasteiger partial charge in [0.05, 0.1) is 12.0 Å². The first-order valence-corrected chi connectivity index (χ1v) is 9.79. The summed E-state index contributed by atoms with van der Waals surface area (Å²) in [6.07, 6.45) is 2.75. The van der Waals surface area contributed by atoms with Gasteiger partial charge in [0, 0.05) is 23.4 Å². The molecule has 3 aromatic carbocycles. The molecule has 0 bridgehead atoms. The number of methoxy groups -OCH3 is 1. The average Bonchev–Trinajstić information content (AvgIpc) is 3.22. The maximum Gasteiger partial charge on any atom is 0.288 e. The zero-order valence-corrected chi connectivity index (χ0v) is 17.5. The molecule has 32 heavy (non-hydrogen) atoms. The lowest BCUT2D eigenvalue weighted by atomic mass is 10.2. The SMILES string of the molecule is COc1cccc(-c2nc3cc(NC(=O)/C=C/c4ccc(Cl)c([N+](=O)[O-])c4)ccc3o2)c1. The van der Waals surface area contributed by atoms with E-state index in [1.165, 1.54) is 24.3 Å².